The highest BCUT2D eigenvalue weighted by atomic mass is 32.1. The van der Waals surface area contributed by atoms with Gasteiger partial charge in [-0.15, -0.1) is 11.3 Å². The summed E-state index contributed by atoms with van der Waals surface area (Å²) in [5.41, 5.74) is 3.63. The van der Waals surface area contributed by atoms with Gasteiger partial charge in [0.25, 0.3) is 5.56 Å². The Kier molecular flexibility index (Phi) is 5.14. The summed E-state index contributed by atoms with van der Waals surface area (Å²) < 4.78 is 2.56. The number of hydrogen-bond acceptors (Lipinski definition) is 7. The molecular weight excluding hydrogens is 408 g/mol. The van der Waals surface area contributed by atoms with Gasteiger partial charge in [-0.25, -0.2) is 9.66 Å². The van der Waals surface area contributed by atoms with Crippen LogP contribution in [0.2, 0.25) is 0 Å². The molecule has 158 valence electrons. The molecule has 0 bridgehead atoms. The fraction of sp³-hybridized carbons (Fsp3) is 0.474. The van der Waals surface area contributed by atoms with Crippen molar-refractivity contribution < 1.29 is 9.72 Å². The van der Waals surface area contributed by atoms with E-state index in [0.29, 0.717) is 22.8 Å². The highest BCUT2D eigenvalue weighted by molar-refractivity contribution is 7.18. The fourth-order valence-corrected chi connectivity index (χ4v) is 5.24. The quantitative estimate of drug-likeness (QED) is 0.490. The molecule has 1 unspecified atom stereocenters. The zero-order chi connectivity index (χ0) is 21.6. The number of nitro groups is 1. The molecule has 1 aliphatic carbocycles. The first-order valence-electron chi connectivity index (χ1n) is 9.76. The molecular formula is C19H22N6O4S. The van der Waals surface area contributed by atoms with Gasteiger partial charge in [0.15, 0.2) is 0 Å². The van der Waals surface area contributed by atoms with Crippen molar-refractivity contribution in [2.75, 3.05) is 5.43 Å². The summed E-state index contributed by atoms with van der Waals surface area (Å²) in [7, 11) is 0. The molecule has 0 saturated heterocycles. The zero-order valence-electron chi connectivity index (χ0n) is 17.0. The largest absolute Gasteiger partial charge is 0.309 e. The van der Waals surface area contributed by atoms with E-state index in [9.17, 15) is 19.7 Å². The molecule has 30 heavy (non-hydrogen) atoms. The van der Waals surface area contributed by atoms with Crippen LogP contribution in [0.3, 0.4) is 0 Å². The normalized spacial score (nSPS) is 15.9. The van der Waals surface area contributed by atoms with E-state index in [2.05, 4.69) is 22.4 Å². The van der Waals surface area contributed by atoms with Crippen LogP contribution in [-0.2, 0) is 24.2 Å². The first-order valence-corrected chi connectivity index (χ1v) is 10.6. The Labute approximate surface area is 175 Å². The number of hydrogen-bond donors (Lipinski definition) is 1. The summed E-state index contributed by atoms with van der Waals surface area (Å²) in [5.74, 6) is 0.614. The van der Waals surface area contributed by atoms with E-state index in [0.717, 1.165) is 29.7 Å². The third kappa shape index (κ3) is 3.60. The molecule has 3 aromatic rings. The number of aromatic nitrogens is 4. The molecule has 0 radical (unpaired) electrons. The summed E-state index contributed by atoms with van der Waals surface area (Å²) in [4.78, 5) is 42.5. The summed E-state index contributed by atoms with van der Waals surface area (Å²) in [6.45, 7) is 5.60. The lowest BCUT2D eigenvalue weighted by atomic mass is 9.89. The van der Waals surface area contributed by atoms with Gasteiger partial charge in [0.05, 0.1) is 16.9 Å². The average molecular weight is 430 g/mol. The van der Waals surface area contributed by atoms with Crippen LogP contribution in [0.4, 0.5) is 5.69 Å². The minimum absolute atomic E-state index is 0.0153. The van der Waals surface area contributed by atoms with Gasteiger partial charge in [0.2, 0.25) is 5.91 Å². The Morgan fingerprint density at radius 3 is 2.90 bits per heavy atom. The highest BCUT2D eigenvalue weighted by Gasteiger charge is 2.24. The number of thiophene rings is 1. The summed E-state index contributed by atoms with van der Waals surface area (Å²) in [6.07, 6.45) is 4.15. The predicted molar refractivity (Wildman–Crippen MR) is 112 cm³/mol. The van der Waals surface area contributed by atoms with Gasteiger partial charge in [0.1, 0.15) is 22.5 Å². The minimum atomic E-state index is -0.509. The van der Waals surface area contributed by atoms with Gasteiger partial charge in [-0.1, -0.05) is 6.92 Å². The van der Waals surface area contributed by atoms with Gasteiger partial charge in [0, 0.05) is 11.3 Å². The number of nitrogens with zero attached hydrogens (tertiary/aromatic N) is 5. The molecule has 0 aromatic carbocycles. The van der Waals surface area contributed by atoms with E-state index in [-0.39, 0.29) is 24.2 Å². The number of aryl methyl sites for hydroxylation is 4. The molecule has 0 spiro atoms. The van der Waals surface area contributed by atoms with Crippen molar-refractivity contribution in [3.8, 4) is 0 Å². The second-order valence-electron chi connectivity index (χ2n) is 7.74. The number of nitrogens with one attached hydrogen (secondary N) is 1. The highest BCUT2D eigenvalue weighted by Crippen LogP contribution is 2.35. The van der Waals surface area contributed by atoms with Crippen LogP contribution in [-0.4, -0.2) is 30.3 Å². The van der Waals surface area contributed by atoms with Crippen molar-refractivity contribution in [2.24, 2.45) is 5.92 Å². The Morgan fingerprint density at radius 2 is 2.20 bits per heavy atom. The lowest BCUT2D eigenvalue weighted by molar-refractivity contribution is -0.385. The molecule has 1 N–H and O–H groups in total. The van der Waals surface area contributed by atoms with Crippen LogP contribution in [0.25, 0.3) is 10.2 Å². The van der Waals surface area contributed by atoms with Crippen LogP contribution in [0.1, 0.15) is 41.7 Å². The Balaban J connectivity index is 1.55. The molecule has 0 aliphatic heterocycles. The number of carbonyl (C=O) groups excluding carboxylic acids is 1. The number of rotatable bonds is 5. The van der Waals surface area contributed by atoms with E-state index in [1.165, 1.54) is 20.4 Å². The smallest absolute Gasteiger partial charge is 0.273 e. The molecule has 0 fully saturated rings. The van der Waals surface area contributed by atoms with Crippen LogP contribution in [0, 0.1) is 29.9 Å². The van der Waals surface area contributed by atoms with E-state index >= 15 is 0 Å². The second kappa shape index (κ2) is 7.63. The van der Waals surface area contributed by atoms with E-state index in [1.807, 2.05) is 0 Å². The molecule has 3 aromatic heterocycles. The molecule has 1 atom stereocenters. The van der Waals surface area contributed by atoms with Crippen LogP contribution >= 0.6 is 11.3 Å². The second-order valence-corrected chi connectivity index (χ2v) is 8.82. The minimum Gasteiger partial charge on any atom is -0.273 e. The van der Waals surface area contributed by atoms with Crippen LogP contribution in [0.15, 0.2) is 11.0 Å². The van der Waals surface area contributed by atoms with Crippen LogP contribution in [0.5, 0.6) is 0 Å². The van der Waals surface area contributed by atoms with Gasteiger partial charge in [-0.3, -0.25) is 29.8 Å². The molecule has 1 aliphatic rings. The SMILES string of the molecule is Cc1nn(CCC(=O)Nn2c(C)nc3sc4c(c3c2=O)CCC(C)C4)cc1[N+](=O)[O-]. The standard InChI is InChI=1S/C19H22N6O4S/c1-10-4-5-13-15(8-10)30-18-17(13)19(27)24(12(3)20-18)22-16(26)6-7-23-9-14(25(28)29)11(2)21-23/h9-10H,4-8H2,1-3H3,(H,22,26). The summed E-state index contributed by atoms with van der Waals surface area (Å²) >= 11 is 1.57. The van der Waals surface area contributed by atoms with Gasteiger partial charge in [-0.2, -0.15) is 5.10 Å². The first kappa shape index (κ1) is 20.2. The maximum Gasteiger partial charge on any atom is 0.309 e. The van der Waals surface area contributed by atoms with E-state index < -0.39 is 10.8 Å². The molecule has 10 nitrogen and oxygen atoms in total. The van der Waals surface area contributed by atoms with Gasteiger partial charge >= 0.3 is 5.69 Å². The van der Waals surface area contributed by atoms with Crippen molar-refractivity contribution in [1.82, 2.24) is 19.4 Å². The lowest BCUT2D eigenvalue weighted by Gasteiger charge is -2.17. The van der Waals surface area contributed by atoms with E-state index in [4.69, 9.17) is 0 Å². The third-order valence-electron chi connectivity index (χ3n) is 5.42. The lowest BCUT2D eigenvalue weighted by Crippen LogP contribution is -2.36. The van der Waals surface area contributed by atoms with Crippen molar-refractivity contribution in [2.45, 2.75) is 53.0 Å². The Hall–Kier alpha value is -3.08. The monoisotopic (exact) mass is 430 g/mol. The first-order chi connectivity index (χ1) is 14.2. The number of amides is 1. The average Bonchev–Trinajstić information content (AvgIpc) is 3.22. The molecule has 0 saturated carbocycles. The Morgan fingerprint density at radius 1 is 1.43 bits per heavy atom. The van der Waals surface area contributed by atoms with Crippen molar-refractivity contribution in [3.63, 3.8) is 0 Å². The summed E-state index contributed by atoms with van der Waals surface area (Å²) in [6, 6.07) is 0. The fourth-order valence-electron chi connectivity index (χ4n) is 3.82. The molecule has 4 rings (SSSR count). The third-order valence-corrected chi connectivity index (χ3v) is 6.57. The number of carbonyl (C=O) groups is 1. The predicted octanol–water partition coefficient (Wildman–Crippen LogP) is 2.46. The van der Waals surface area contributed by atoms with Crippen molar-refractivity contribution in [3.05, 3.63) is 48.6 Å². The number of fused-ring (bicyclic) bond motifs is 3. The maximum absolute atomic E-state index is 13.1. The summed E-state index contributed by atoms with van der Waals surface area (Å²) in [5, 5.41) is 15.6. The van der Waals surface area contributed by atoms with E-state index in [1.54, 1.807) is 25.2 Å². The molecule has 3 heterocycles. The zero-order valence-corrected chi connectivity index (χ0v) is 17.8. The van der Waals surface area contributed by atoms with Crippen molar-refractivity contribution in [1.29, 1.82) is 0 Å². The molecule has 11 heteroatoms. The topological polar surface area (TPSA) is 125 Å². The van der Waals surface area contributed by atoms with Gasteiger partial charge in [-0.05, 0) is 44.6 Å². The van der Waals surface area contributed by atoms with Crippen molar-refractivity contribution >= 4 is 33.1 Å². The maximum atomic E-state index is 13.1. The Bertz CT molecular complexity index is 1220. The molecule has 1 amide bonds. The van der Waals surface area contributed by atoms with Gasteiger partial charge < -0.3 is 0 Å². The van der Waals surface area contributed by atoms with Crippen LogP contribution < -0.4 is 11.0 Å².